The molecule has 1 aliphatic rings. The molecule has 9 heteroatoms. The van der Waals surface area contributed by atoms with Gasteiger partial charge in [0.15, 0.2) is 0 Å². The summed E-state index contributed by atoms with van der Waals surface area (Å²) < 4.78 is 26.5. The highest BCUT2D eigenvalue weighted by Crippen LogP contribution is 2.22. The third-order valence-corrected chi connectivity index (χ3v) is 8.20. The van der Waals surface area contributed by atoms with Gasteiger partial charge in [-0.2, -0.15) is 4.31 Å². The number of nitrogens with zero attached hydrogens (tertiary/aromatic N) is 2. The molecule has 1 aromatic carbocycles. The van der Waals surface area contributed by atoms with Gasteiger partial charge < -0.3 is 10.2 Å². The highest BCUT2D eigenvalue weighted by atomic mass is 32.2. The molecule has 1 aromatic heterocycles. The standard InChI is InChI=1S/C21H27N3O4S2/c1-3-23(4-2)30(27,28)17-11-9-16(10-12-17)15-22-20(25)18-7-5-13-24(18)21(26)19-8-6-14-29-19/h6,8-12,14,18H,3-5,7,13,15H2,1-2H3,(H,22,25)/t18-/m0/s1. The highest BCUT2D eigenvalue weighted by Gasteiger charge is 2.34. The van der Waals surface area contributed by atoms with E-state index in [-0.39, 0.29) is 23.3 Å². The summed E-state index contributed by atoms with van der Waals surface area (Å²) >= 11 is 1.37. The number of nitrogens with one attached hydrogen (secondary N) is 1. The van der Waals surface area contributed by atoms with Crippen molar-refractivity contribution in [3.05, 3.63) is 52.2 Å². The molecule has 0 spiro atoms. The van der Waals surface area contributed by atoms with E-state index in [4.69, 9.17) is 0 Å². The van der Waals surface area contributed by atoms with Gasteiger partial charge >= 0.3 is 0 Å². The number of carbonyl (C=O) groups excluding carboxylic acids is 2. The Labute approximate surface area is 181 Å². The lowest BCUT2D eigenvalue weighted by Gasteiger charge is -2.23. The zero-order chi connectivity index (χ0) is 21.7. The molecular weight excluding hydrogens is 422 g/mol. The zero-order valence-electron chi connectivity index (χ0n) is 17.2. The number of hydrogen-bond donors (Lipinski definition) is 1. The van der Waals surface area contributed by atoms with Gasteiger partial charge in [-0.25, -0.2) is 8.42 Å². The topological polar surface area (TPSA) is 86.8 Å². The van der Waals surface area contributed by atoms with Gasteiger partial charge in [0.05, 0.1) is 9.77 Å². The Hall–Kier alpha value is -2.23. The maximum absolute atomic E-state index is 12.7. The molecule has 2 aromatic rings. The molecule has 0 bridgehead atoms. The number of hydrogen-bond acceptors (Lipinski definition) is 5. The number of likely N-dealkylation sites (tertiary alicyclic amines) is 1. The first-order chi connectivity index (χ1) is 14.4. The van der Waals surface area contributed by atoms with Gasteiger partial charge in [0.1, 0.15) is 6.04 Å². The molecule has 162 valence electrons. The smallest absolute Gasteiger partial charge is 0.264 e. The van der Waals surface area contributed by atoms with E-state index < -0.39 is 16.1 Å². The predicted molar refractivity (Wildman–Crippen MR) is 117 cm³/mol. The molecule has 0 saturated carbocycles. The van der Waals surface area contributed by atoms with E-state index in [2.05, 4.69) is 5.32 Å². The predicted octanol–water partition coefficient (Wildman–Crippen LogP) is 2.70. The quantitative estimate of drug-likeness (QED) is 0.671. The molecule has 1 N–H and O–H groups in total. The van der Waals surface area contributed by atoms with Crippen LogP contribution in [0.2, 0.25) is 0 Å². The van der Waals surface area contributed by atoms with Crippen molar-refractivity contribution in [3.63, 3.8) is 0 Å². The molecule has 1 aliphatic heterocycles. The van der Waals surface area contributed by atoms with Crippen molar-refractivity contribution >= 4 is 33.2 Å². The average Bonchev–Trinajstić information content (AvgIpc) is 3.44. The van der Waals surface area contributed by atoms with Crippen LogP contribution in [0.4, 0.5) is 0 Å². The molecule has 3 rings (SSSR count). The van der Waals surface area contributed by atoms with Crippen LogP contribution >= 0.6 is 11.3 Å². The van der Waals surface area contributed by atoms with Crippen molar-refractivity contribution < 1.29 is 18.0 Å². The minimum Gasteiger partial charge on any atom is -0.350 e. The summed E-state index contributed by atoms with van der Waals surface area (Å²) in [4.78, 5) is 27.8. The van der Waals surface area contributed by atoms with Crippen LogP contribution < -0.4 is 5.32 Å². The third-order valence-electron chi connectivity index (χ3n) is 5.28. The normalized spacial score (nSPS) is 16.8. The van der Waals surface area contributed by atoms with Gasteiger partial charge in [-0.05, 0) is 42.0 Å². The molecule has 2 amide bonds. The summed E-state index contributed by atoms with van der Waals surface area (Å²) in [6.07, 6.45) is 1.44. The summed E-state index contributed by atoms with van der Waals surface area (Å²) in [5, 5.41) is 4.73. The molecule has 7 nitrogen and oxygen atoms in total. The fourth-order valence-electron chi connectivity index (χ4n) is 3.62. The number of sulfonamides is 1. The molecule has 1 fully saturated rings. The summed E-state index contributed by atoms with van der Waals surface area (Å²) in [6.45, 7) is 5.30. The summed E-state index contributed by atoms with van der Waals surface area (Å²) in [5.41, 5.74) is 0.802. The van der Waals surface area contributed by atoms with Crippen molar-refractivity contribution in [2.75, 3.05) is 19.6 Å². The van der Waals surface area contributed by atoms with Gasteiger partial charge in [0.2, 0.25) is 15.9 Å². The monoisotopic (exact) mass is 449 g/mol. The van der Waals surface area contributed by atoms with Crippen molar-refractivity contribution in [2.24, 2.45) is 0 Å². The van der Waals surface area contributed by atoms with Gasteiger partial charge in [0.25, 0.3) is 5.91 Å². The molecular formula is C21H27N3O4S2. The second-order valence-electron chi connectivity index (χ2n) is 7.08. The Morgan fingerprint density at radius 2 is 1.87 bits per heavy atom. The Kier molecular flexibility index (Phi) is 7.27. The molecule has 1 atom stereocenters. The average molecular weight is 450 g/mol. The molecule has 0 aliphatic carbocycles. The minimum absolute atomic E-state index is 0.103. The van der Waals surface area contributed by atoms with Gasteiger partial charge in [-0.15, -0.1) is 11.3 Å². The van der Waals surface area contributed by atoms with Crippen molar-refractivity contribution in [1.82, 2.24) is 14.5 Å². The SMILES string of the molecule is CCN(CC)S(=O)(=O)c1ccc(CNC(=O)[C@@H]2CCCN2C(=O)c2cccs2)cc1. The Bertz CT molecular complexity index is 968. The van der Waals surface area contributed by atoms with E-state index >= 15 is 0 Å². The van der Waals surface area contributed by atoms with Gasteiger partial charge in [-0.1, -0.05) is 32.0 Å². The van der Waals surface area contributed by atoms with Crippen LogP contribution in [0.25, 0.3) is 0 Å². The van der Waals surface area contributed by atoms with E-state index in [1.165, 1.54) is 15.6 Å². The van der Waals surface area contributed by atoms with Crippen LogP contribution in [-0.4, -0.2) is 55.1 Å². The van der Waals surface area contributed by atoms with Crippen molar-refractivity contribution in [1.29, 1.82) is 0 Å². The van der Waals surface area contributed by atoms with Crippen LogP contribution in [0, 0.1) is 0 Å². The first-order valence-electron chi connectivity index (χ1n) is 10.1. The maximum Gasteiger partial charge on any atom is 0.264 e. The van der Waals surface area contributed by atoms with Crippen LogP contribution in [0.1, 0.15) is 41.9 Å². The lowest BCUT2D eigenvalue weighted by Crippen LogP contribution is -2.45. The molecule has 2 heterocycles. The van der Waals surface area contributed by atoms with E-state index in [0.29, 0.717) is 30.9 Å². The highest BCUT2D eigenvalue weighted by molar-refractivity contribution is 7.89. The second kappa shape index (κ2) is 9.72. The largest absolute Gasteiger partial charge is 0.350 e. The number of thiophene rings is 1. The number of benzene rings is 1. The van der Waals surface area contributed by atoms with E-state index in [1.807, 2.05) is 11.4 Å². The molecule has 30 heavy (non-hydrogen) atoms. The summed E-state index contributed by atoms with van der Waals surface area (Å²) in [7, 11) is -3.50. The van der Waals surface area contributed by atoms with Gasteiger partial charge in [-0.3, -0.25) is 9.59 Å². The maximum atomic E-state index is 12.7. The Morgan fingerprint density at radius 3 is 2.47 bits per heavy atom. The van der Waals surface area contributed by atoms with Crippen molar-refractivity contribution in [3.8, 4) is 0 Å². The first-order valence-corrected chi connectivity index (χ1v) is 12.4. The van der Waals surface area contributed by atoms with Crippen LogP contribution in [0.15, 0.2) is 46.7 Å². The van der Waals surface area contributed by atoms with E-state index in [9.17, 15) is 18.0 Å². The zero-order valence-corrected chi connectivity index (χ0v) is 18.8. The van der Waals surface area contributed by atoms with E-state index in [0.717, 1.165) is 12.0 Å². The molecule has 1 saturated heterocycles. The summed E-state index contributed by atoms with van der Waals surface area (Å²) in [6, 6.07) is 9.68. The van der Waals surface area contributed by atoms with Crippen molar-refractivity contribution in [2.45, 2.75) is 44.2 Å². The lowest BCUT2D eigenvalue weighted by molar-refractivity contribution is -0.125. The fourth-order valence-corrected chi connectivity index (χ4v) is 5.76. The lowest BCUT2D eigenvalue weighted by atomic mass is 10.2. The molecule has 0 radical (unpaired) electrons. The van der Waals surface area contributed by atoms with Crippen LogP contribution in [0.5, 0.6) is 0 Å². The first kappa shape index (κ1) is 22.5. The van der Waals surface area contributed by atoms with Crippen LogP contribution in [0.3, 0.4) is 0 Å². The number of carbonyl (C=O) groups is 2. The molecule has 0 unspecified atom stereocenters. The van der Waals surface area contributed by atoms with E-state index in [1.54, 1.807) is 49.1 Å². The van der Waals surface area contributed by atoms with Crippen LogP contribution in [-0.2, 0) is 21.4 Å². The Balaban J connectivity index is 1.61. The summed E-state index contributed by atoms with van der Waals surface area (Å²) in [5.74, 6) is -0.286. The number of amides is 2. The second-order valence-corrected chi connectivity index (χ2v) is 9.97. The fraction of sp³-hybridized carbons (Fsp3) is 0.429. The third kappa shape index (κ3) is 4.74. The Morgan fingerprint density at radius 1 is 1.17 bits per heavy atom. The number of rotatable bonds is 8. The minimum atomic E-state index is -3.50. The van der Waals surface area contributed by atoms with Gasteiger partial charge in [0, 0.05) is 26.2 Å².